The van der Waals surface area contributed by atoms with Gasteiger partial charge in [0, 0.05) is 18.5 Å². The van der Waals surface area contributed by atoms with E-state index in [0.717, 1.165) is 10.6 Å². The summed E-state index contributed by atoms with van der Waals surface area (Å²) < 4.78 is 28.8. The van der Waals surface area contributed by atoms with E-state index in [0.29, 0.717) is 18.2 Å². The van der Waals surface area contributed by atoms with Crippen molar-refractivity contribution in [1.82, 2.24) is 10.3 Å². The summed E-state index contributed by atoms with van der Waals surface area (Å²) in [5, 5.41) is 3.31. The first-order chi connectivity index (χ1) is 8.40. The Morgan fingerprint density at radius 3 is 2.61 bits per heavy atom. The van der Waals surface area contributed by atoms with E-state index in [9.17, 15) is 8.42 Å². The van der Waals surface area contributed by atoms with E-state index in [-0.39, 0.29) is 11.0 Å². The van der Waals surface area contributed by atoms with Crippen LogP contribution in [0.25, 0.3) is 0 Å². The topological polar surface area (TPSA) is 68.3 Å². The number of methoxy groups -OCH3 is 1. The Morgan fingerprint density at radius 2 is 2.11 bits per heavy atom. The zero-order valence-electron chi connectivity index (χ0n) is 11.2. The van der Waals surface area contributed by atoms with Crippen LogP contribution >= 0.6 is 11.3 Å². The molecule has 0 amide bonds. The van der Waals surface area contributed by atoms with Crippen LogP contribution in [0, 0.1) is 0 Å². The molecule has 0 saturated heterocycles. The van der Waals surface area contributed by atoms with Crippen molar-refractivity contribution < 1.29 is 13.2 Å². The monoisotopic (exact) mass is 292 g/mol. The van der Waals surface area contributed by atoms with Gasteiger partial charge in [-0.25, -0.2) is 13.4 Å². The van der Waals surface area contributed by atoms with E-state index >= 15 is 0 Å². The van der Waals surface area contributed by atoms with Gasteiger partial charge in [0.15, 0.2) is 9.84 Å². The van der Waals surface area contributed by atoms with Gasteiger partial charge in [-0.1, -0.05) is 0 Å². The lowest BCUT2D eigenvalue weighted by Gasteiger charge is -2.04. The number of hydrogen-bond acceptors (Lipinski definition) is 6. The molecule has 5 nitrogen and oxygen atoms in total. The minimum absolute atomic E-state index is 0.00968. The Kier molecular flexibility index (Phi) is 5.71. The van der Waals surface area contributed by atoms with Crippen LogP contribution < -0.4 is 5.32 Å². The number of nitrogens with one attached hydrogen (secondary N) is 1. The van der Waals surface area contributed by atoms with Crippen LogP contribution in [0.3, 0.4) is 0 Å². The molecule has 0 radical (unpaired) electrons. The summed E-state index contributed by atoms with van der Waals surface area (Å²) >= 11 is 1.44. The van der Waals surface area contributed by atoms with E-state index in [4.69, 9.17) is 4.74 Å². The van der Waals surface area contributed by atoms with Crippen molar-refractivity contribution >= 4 is 21.2 Å². The molecule has 1 aromatic heterocycles. The molecule has 7 heteroatoms. The molecule has 0 saturated carbocycles. The summed E-state index contributed by atoms with van der Waals surface area (Å²) in [7, 11) is 0.354. The molecule has 1 aromatic rings. The van der Waals surface area contributed by atoms with Crippen LogP contribution in [-0.2, 0) is 33.5 Å². The molecular formula is C11H20N2O3S2. The fourth-order valence-corrected chi connectivity index (χ4v) is 3.74. The maximum absolute atomic E-state index is 11.9. The lowest BCUT2D eigenvalue weighted by atomic mass is 10.4. The molecule has 0 unspecified atom stereocenters. The summed E-state index contributed by atoms with van der Waals surface area (Å²) in [6.07, 6.45) is 0. The van der Waals surface area contributed by atoms with Gasteiger partial charge < -0.3 is 10.1 Å². The summed E-state index contributed by atoms with van der Waals surface area (Å²) in [4.78, 5) is 5.40. The number of aromatic nitrogens is 1. The molecule has 0 aliphatic carbocycles. The highest BCUT2D eigenvalue weighted by Crippen LogP contribution is 2.22. The Hall–Kier alpha value is -0.500. The number of rotatable bonds is 7. The third-order valence-corrected chi connectivity index (χ3v) is 5.88. The van der Waals surface area contributed by atoms with Crippen LogP contribution in [-0.4, -0.2) is 32.8 Å². The van der Waals surface area contributed by atoms with Crippen molar-refractivity contribution in [3.05, 3.63) is 15.6 Å². The Balaban J connectivity index is 2.94. The molecule has 0 aliphatic heterocycles. The second-order valence-corrected chi connectivity index (χ2v) is 8.02. The van der Waals surface area contributed by atoms with Gasteiger partial charge >= 0.3 is 0 Å². The van der Waals surface area contributed by atoms with E-state index in [2.05, 4.69) is 10.3 Å². The molecular weight excluding hydrogens is 272 g/mol. The van der Waals surface area contributed by atoms with Crippen LogP contribution in [0.5, 0.6) is 0 Å². The van der Waals surface area contributed by atoms with Gasteiger partial charge in [0.25, 0.3) is 0 Å². The third kappa shape index (κ3) is 4.01. The first-order valence-electron chi connectivity index (χ1n) is 5.73. The lowest BCUT2D eigenvalue weighted by molar-refractivity contribution is 0.181. The number of ether oxygens (including phenoxy) is 1. The van der Waals surface area contributed by atoms with Crippen molar-refractivity contribution in [3.8, 4) is 0 Å². The number of hydrogen-bond donors (Lipinski definition) is 1. The third-order valence-electron chi connectivity index (χ3n) is 2.48. The summed E-state index contributed by atoms with van der Waals surface area (Å²) in [6, 6.07) is 0. The first-order valence-corrected chi connectivity index (χ1v) is 8.26. The second-order valence-electron chi connectivity index (χ2n) is 4.30. The smallest absolute Gasteiger partial charge is 0.159 e. The number of thiazole rings is 1. The first kappa shape index (κ1) is 15.6. The molecule has 1 N–H and O–H groups in total. The van der Waals surface area contributed by atoms with Crippen molar-refractivity contribution in [2.75, 3.05) is 14.2 Å². The Labute approximate surface area is 112 Å². The molecule has 0 atom stereocenters. The number of sulfone groups is 1. The molecule has 18 heavy (non-hydrogen) atoms. The van der Waals surface area contributed by atoms with E-state index in [1.807, 2.05) is 7.05 Å². The summed E-state index contributed by atoms with van der Waals surface area (Å²) in [6.45, 7) is 4.47. The fourth-order valence-electron chi connectivity index (χ4n) is 1.39. The molecule has 0 spiro atoms. The molecule has 104 valence electrons. The average Bonchev–Trinajstić information content (AvgIpc) is 2.61. The maximum atomic E-state index is 11.9. The van der Waals surface area contributed by atoms with Crippen LogP contribution in [0.15, 0.2) is 0 Å². The summed E-state index contributed by atoms with van der Waals surface area (Å²) in [5.74, 6) is 0.00968. The zero-order chi connectivity index (χ0) is 13.8. The minimum Gasteiger partial charge on any atom is -0.378 e. The van der Waals surface area contributed by atoms with Crippen LogP contribution in [0.1, 0.15) is 29.4 Å². The lowest BCUT2D eigenvalue weighted by Crippen LogP contribution is -2.15. The molecule has 1 heterocycles. The Bertz CT molecular complexity index is 457. The number of nitrogens with zero attached hydrogens (tertiary/aromatic N) is 1. The molecule has 0 aromatic carbocycles. The van der Waals surface area contributed by atoms with Crippen molar-refractivity contribution in [3.63, 3.8) is 0 Å². The van der Waals surface area contributed by atoms with Crippen LogP contribution in [0.4, 0.5) is 0 Å². The highest BCUT2D eigenvalue weighted by molar-refractivity contribution is 7.91. The standard InChI is InChI=1S/C11H20N2O3S2/c1-8(2)18(14,15)7-11-13-9(6-16-4)10(17-11)5-12-3/h8,12H,5-7H2,1-4H3. The van der Waals surface area contributed by atoms with E-state index in [1.54, 1.807) is 21.0 Å². The normalized spacial score (nSPS) is 12.3. The van der Waals surface area contributed by atoms with Gasteiger partial charge in [-0.3, -0.25) is 0 Å². The fraction of sp³-hybridized carbons (Fsp3) is 0.727. The van der Waals surface area contributed by atoms with Gasteiger partial charge in [0.1, 0.15) is 10.8 Å². The van der Waals surface area contributed by atoms with E-state index < -0.39 is 9.84 Å². The quantitative estimate of drug-likeness (QED) is 0.821. The van der Waals surface area contributed by atoms with Gasteiger partial charge in [0.2, 0.25) is 0 Å². The SMILES string of the molecule is CNCc1sc(CS(=O)(=O)C(C)C)nc1COC. The predicted octanol–water partition coefficient (Wildman–Crippen LogP) is 1.33. The highest BCUT2D eigenvalue weighted by Gasteiger charge is 2.20. The van der Waals surface area contributed by atoms with Gasteiger partial charge in [0.05, 0.1) is 17.6 Å². The zero-order valence-corrected chi connectivity index (χ0v) is 12.8. The average molecular weight is 292 g/mol. The Morgan fingerprint density at radius 1 is 1.44 bits per heavy atom. The molecule has 0 bridgehead atoms. The highest BCUT2D eigenvalue weighted by atomic mass is 32.2. The van der Waals surface area contributed by atoms with Crippen molar-refractivity contribution in [2.24, 2.45) is 0 Å². The predicted molar refractivity (Wildman–Crippen MR) is 73.4 cm³/mol. The minimum atomic E-state index is -3.10. The molecule has 1 rings (SSSR count). The van der Waals surface area contributed by atoms with E-state index in [1.165, 1.54) is 11.3 Å². The second kappa shape index (κ2) is 6.60. The van der Waals surface area contributed by atoms with Crippen molar-refractivity contribution in [2.45, 2.75) is 38.0 Å². The molecule has 0 aliphatic rings. The maximum Gasteiger partial charge on any atom is 0.159 e. The van der Waals surface area contributed by atoms with Gasteiger partial charge in [-0.2, -0.15) is 0 Å². The van der Waals surface area contributed by atoms with Crippen LogP contribution in [0.2, 0.25) is 0 Å². The largest absolute Gasteiger partial charge is 0.378 e. The molecule has 0 fully saturated rings. The van der Waals surface area contributed by atoms with Gasteiger partial charge in [-0.05, 0) is 20.9 Å². The summed E-state index contributed by atoms with van der Waals surface area (Å²) in [5.41, 5.74) is 0.825. The van der Waals surface area contributed by atoms with Crippen molar-refractivity contribution in [1.29, 1.82) is 0 Å². The van der Waals surface area contributed by atoms with Gasteiger partial charge in [-0.15, -0.1) is 11.3 Å².